The van der Waals surface area contributed by atoms with Gasteiger partial charge in [-0.15, -0.1) is 0 Å². The summed E-state index contributed by atoms with van der Waals surface area (Å²) in [6.45, 7) is 4.13. The van der Waals surface area contributed by atoms with Crippen molar-refractivity contribution in [3.05, 3.63) is 29.3 Å². The van der Waals surface area contributed by atoms with Gasteiger partial charge in [0.25, 0.3) is 5.91 Å². The normalized spacial score (nSPS) is 26.4. The average molecular weight is 260 g/mol. The van der Waals surface area contributed by atoms with Crippen molar-refractivity contribution in [1.82, 2.24) is 10.2 Å². The highest BCUT2D eigenvalue weighted by molar-refractivity contribution is 5.96. The van der Waals surface area contributed by atoms with Gasteiger partial charge in [-0.2, -0.15) is 0 Å². The minimum Gasteiger partial charge on any atom is -0.508 e. The fraction of sp³-hybridized carbons (Fsp3) is 0.533. The third kappa shape index (κ3) is 2.32. The van der Waals surface area contributed by atoms with Crippen LogP contribution in [0.4, 0.5) is 0 Å². The molecule has 0 bridgehead atoms. The minimum absolute atomic E-state index is 0.0174. The van der Waals surface area contributed by atoms with Gasteiger partial charge >= 0.3 is 0 Å². The average Bonchev–Trinajstić information content (AvgIpc) is 2.94. The number of rotatable bonds is 2. The summed E-state index contributed by atoms with van der Waals surface area (Å²) < 4.78 is 0. The minimum atomic E-state index is -0.0174. The zero-order valence-electron chi connectivity index (χ0n) is 11.2. The van der Waals surface area contributed by atoms with Gasteiger partial charge in [-0.3, -0.25) is 9.69 Å². The van der Waals surface area contributed by atoms with Crippen LogP contribution in [-0.4, -0.2) is 41.1 Å². The summed E-state index contributed by atoms with van der Waals surface area (Å²) in [6.07, 6.45) is 3.49. The predicted octanol–water partition coefficient (Wildman–Crippen LogP) is 1.67. The number of nitrogens with one attached hydrogen (secondary N) is 1. The van der Waals surface area contributed by atoms with Crippen LogP contribution in [0.5, 0.6) is 5.75 Å². The van der Waals surface area contributed by atoms with Crippen LogP contribution >= 0.6 is 0 Å². The van der Waals surface area contributed by atoms with Crippen LogP contribution in [0.25, 0.3) is 0 Å². The summed E-state index contributed by atoms with van der Waals surface area (Å²) in [6, 6.07) is 5.70. The third-order valence-electron chi connectivity index (χ3n) is 4.38. The first kappa shape index (κ1) is 12.5. The van der Waals surface area contributed by atoms with Crippen LogP contribution in [-0.2, 0) is 0 Å². The quantitative estimate of drug-likeness (QED) is 0.850. The molecule has 2 atom stereocenters. The van der Waals surface area contributed by atoms with Crippen LogP contribution in [0.1, 0.15) is 35.2 Å². The molecule has 2 aliphatic rings. The molecule has 4 nitrogen and oxygen atoms in total. The van der Waals surface area contributed by atoms with E-state index in [9.17, 15) is 9.90 Å². The molecule has 102 valence electrons. The predicted molar refractivity (Wildman–Crippen MR) is 73.3 cm³/mol. The molecule has 1 aromatic rings. The van der Waals surface area contributed by atoms with Crippen LogP contribution in [0.3, 0.4) is 0 Å². The Balaban J connectivity index is 1.71. The van der Waals surface area contributed by atoms with E-state index >= 15 is 0 Å². The van der Waals surface area contributed by atoms with Gasteiger partial charge in [0.05, 0.1) is 0 Å². The Morgan fingerprint density at radius 3 is 3.00 bits per heavy atom. The molecule has 19 heavy (non-hydrogen) atoms. The first-order valence-corrected chi connectivity index (χ1v) is 6.99. The molecular weight excluding hydrogens is 240 g/mol. The zero-order valence-corrected chi connectivity index (χ0v) is 11.2. The number of nitrogens with zero attached hydrogens (tertiary/aromatic N) is 1. The molecule has 0 aliphatic carbocycles. The maximum absolute atomic E-state index is 12.3. The molecule has 0 saturated carbocycles. The molecule has 3 rings (SSSR count). The van der Waals surface area contributed by atoms with Crippen LogP contribution < -0.4 is 5.32 Å². The van der Waals surface area contributed by atoms with Crippen molar-refractivity contribution in [1.29, 1.82) is 0 Å². The highest BCUT2D eigenvalue weighted by Crippen LogP contribution is 2.28. The van der Waals surface area contributed by atoms with Gasteiger partial charge in [0.1, 0.15) is 5.75 Å². The van der Waals surface area contributed by atoms with Gasteiger partial charge in [-0.1, -0.05) is 0 Å². The number of aryl methyl sites for hydroxylation is 1. The van der Waals surface area contributed by atoms with Crippen molar-refractivity contribution in [3.8, 4) is 5.75 Å². The maximum Gasteiger partial charge on any atom is 0.251 e. The monoisotopic (exact) mass is 260 g/mol. The fourth-order valence-electron chi connectivity index (χ4n) is 3.40. The van der Waals surface area contributed by atoms with Gasteiger partial charge in [0.15, 0.2) is 0 Å². The van der Waals surface area contributed by atoms with Crippen LogP contribution in [0, 0.1) is 6.92 Å². The van der Waals surface area contributed by atoms with Gasteiger partial charge in [0, 0.05) is 24.2 Å². The second kappa shape index (κ2) is 4.85. The first-order chi connectivity index (χ1) is 9.15. The Labute approximate surface area is 113 Å². The van der Waals surface area contributed by atoms with Crippen LogP contribution in [0.15, 0.2) is 18.2 Å². The fourth-order valence-corrected chi connectivity index (χ4v) is 3.40. The second-order valence-electron chi connectivity index (χ2n) is 5.61. The van der Waals surface area contributed by atoms with E-state index in [1.165, 1.54) is 19.4 Å². The third-order valence-corrected chi connectivity index (χ3v) is 4.38. The number of amides is 1. The summed E-state index contributed by atoms with van der Waals surface area (Å²) >= 11 is 0. The smallest absolute Gasteiger partial charge is 0.251 e. The van der Waals surface area contributed by atoms with Crippen molar-refractivity contribution in [3.63, 3.8) is 0 Å². The Hall–Kier alpha value is -1.55. The number of hydrogen-bond donors (Lipinski definition) is 2. The maximum atomic E-state index is 12.3. The second-order valence-corrected chi connectivity index (χ2v) is 5.61. The number of phenolic OH excluding ortho intramolecular Hbond substituents is 1. The van der Waals surface area contributed by atoms with Gasteiger partial charge in [0.2, 0.25) is 0 Å². The van der Waals surface area contributed by atoms with E-state index in [0.717, 1.165) is 18.5 Å². The summed E-state index contributed by atoms with van der Waals surface area (Å²) in [5, 5.41) is 12.6. The lowest BCUT2D eigenvalue weighted by atomic mass is 10.0. The summed E-state index contributed by atoms with van der Waals surface area (Å²) in [7, 11) is 0. The molecule has 2 fully saturated rings. The number of carbonyl (C=O) groups excluding carboxylic acids is 1. The van der Waals surface area contributed by atoms with Crippen molar-refractivity contribution in [2.45, 2.75) is 38.3 Å². The number of phenols is 1. The first-order valence-electron chi connectivity index (χ1n) is 6.99. The largest absolute Gasteiger partial charge is 0.508 e. The summed E-state index contributed by atoms with van der Waals surface area (Å²) in [5.41, 5.74) is 1.48. The molecule has 0 aromatic heterocycles. The molecule has 1 aromatic carbocycles. The summed E-state index contributed by atoms with van der Waals surface area (Å²) in [5.74, 6) is 0.188. The van der Waals surface area contributed by atoms with E-state index in [4.69, 9.17) is 0 Å². The van der Waals surface area contributed by atoms with E-state index in [0.29, 0.717) is 11.6 Å². The molecule has 0 spiro atoms. The number of fused-ring (bicyclic) bond motifs is 1. The standard InChI is InChI=1S/C15H20N2O2/c1-10-9-11(18)4-5-12(10)15(19)16-13-6-8-17-7-2-3-14(13)17/h4-5,9,13-14,18H,2-3,6-8H2,1H3,(H,16,19). The highest BCUT2D eigenvalue weighted by Gasteiger charge is 2.37. The van der Waals surface area contributed by atoms with Gasteiger partial charge in [-0.05, 0) is 56.5 Å². The van der Waals surface area contributed by atoms with Crippen molar-refractivity contribution in [2.75, 3.05) is 13.1 Å². The number of benzene rings is 1. The molecular formula is C15H20N2O2. The van der Waals surface area contributed by atoms with E-state index in [-0.39, 0.29) is 17.7 Å². The molecule has 2 heterocycles. The number of aromatic hydroxyl groups is 1. The van der Waals surface area contributed by atoms with E-state index < -0.39 is 0 Å². The Bertz CT molecular complexity index is 501. The van der Waals surface area contributed by atoms with E-state index in [1.807, 2.05) is 6.92 Å². The topological polar surface area (TPSA) is 52.6 Å². The Kier molecular flexibility index (Phi) is 3.19. The van der Waals surface area contributed by atoms with E-state index in [1.54, 1.807) is 18.2 Å². The van der Waals surface area contributed by atoms with Crippen molar-refractivity contribution < 1.29 is 9.90 Å². The number of hydrogen-bond acceptors (Lipinski definition) is 3. The van der Waals surface area contributed by atoms with Crippen molar-refractivity contribution >= 4 is 5.91 Å². The number of carbonyl (C=O) groups is 1. The summed E-state index contributed by atoms with van der Waals surface area (Å²) in [4.78, 5) is 14.8. The van der Waals surface area contributed by atoms with Crippen molar-refractivity contribution in [2.24, 2.45) is 0 Å². The van der Waals surface area contributed by atoms with E-state index in [2.05, 4.69) is 10.2 Å². The SMILES string of the molecule is Cc1cc(O)ccc1C(=O)NC1CCN2CCCC12. The Morgan fingerprint density at radius 1 is 1.37 bits per heavy atom. The molecule has 2 unspecified atom stereocenters. The molecule has 4 heteroatoms. The highest BCUT2D eigenvalue weighted by atomic mass is 16.3. The molecule has 1 amide bonds. The Morgan fingerprint density at radius 2 is 2.21 bits per heavy atom. The molecule has 0 radical (unpaired) electrons. The molecule has 2 saturated heterocycles. The lowest BCUT2D eigenvalue weighted by Crippen LogP contribution is -2.42. The van der Waals surface area contributed by atoms with Gasteiger partial charge < -0.3 is 10.4 Å². The molecule has 2 N–H and O–H groups in total. The molecule has 2 aliphatic heterocycles. The lowest BCUT2D eigenvalue weighted by molar-refractivity contribution is 0.0929. The van der Waals surface area contributed by atoms with Crippen LogP contribution in [0.2, 0.25) is 0 Å². The zero-order chi connectivity index (χ0) is 13.4. The lowest BCUT2D eigenvalue weighted by Gasteiger charge is -2.21. The van der Waals surface area contributed by atoms with Gasteiger partial charge in [-0.25, -0.2) is 0 Å².